The van der Waals surface area contributed by atoms with Crippen LogP contribution in [0.4, 0.5) is 0 Å². The van der Waals surface area contributed by atoms with E-state index in [0.29, 0.717) is 24.9 Å². The third-order valence-corrected chi connectivity index (χ3v) is 5.50. The van der Waals surface area contributed by atoms with Gasteiger partial charge in [0, 0.05) is 38.8 Å². The van der Waals surface area contributed by atoms with Crippen LogP contribution in [0.5, 0.6) is 0 Å². The Morgan fingerprint density at radius 3 is 2.63 bits per heavy atom. The van der Waals surface area contributed by atoms with E-state index in [9.17, 15) is 8.42 Å². The van der Waals surface area contributed by atoms with E-state index >= 15 is 0 Å². The molecule has 0 aromatic rings. The molecule has 3 unspecified atom stereocenters. The van der Waals surface area contributed by atoms with Gasteiger partial charge in [0.15, 0.2) is 0 Å². The summed E-state index contributed by atoms with van der Waals surface area (Å²) < 4.78 is 24.9. The largest absolute Gasteiger partial charge is 0.327 e. The predicted octanol–water partition coefficient (Wildman–Crippen LogP) is 0.327. The van der Waals surface area contributed by atoms with Crippen molar-refractivity contribution in [3.63, 3.8) is 0 Å². The van der Waals surface area contributed by atoms with Crippen LogP contribution in [0.25, 0.3) is 0 Å². The summed E-state index contributed by atoms with van der Waals surface area (Å²) in [4.78, 5) is 2.43. The summed E-state index contributed by atoms with van der Waals surface area (Å²) >= 11 is 0. The van der Waals surface area contributed by atoms with Crippen molar-refractivity contribution >= 4 is 10.0 Å². The van der Waals surface area contributed by atoms with Crippen molar-refractivity contribution in [3.05, 3.63) is 0 Å². The van der Waals surface area contributed by atoms with Crippen LogP contribution in [0.15, 0.2) is 0 Å². The van der Waals surface area contributed by atoms with Gasteiger partial charge >= 0.3 is 0 Å². The molecule has 2 N–H and O–H groups in total. The molecule has 2 rings (SSSR count). The standard InChI is InChI=1S/C13H27N3O2S/c1-11-6-13(14)10-15(7-11)8-12-4-3-5-16(9-12)19(2,17)18/h11-13H,3-10,14H2,1-2H3. The van der Waals surface area contributed by atoms with Crippen molar-refractivity contribution in [1.29, 1.82) is 0 Å². The minimum atomic E-state index is -3.03. The summed E-state index contributed by atoms with van der Waals surface area (Å²) in [5.74, 6) is 1.11. The number of hydrogen-bond acceptors (Lipinski definition) is 4. The van der Waals surface area contributed by atoms with E-state index in [2.05, 4.69) is 11.8 Å². The number of sulfonamides is 1. The molecule has 2 aliphatic rings. The molecule has 19 heavy (non-hydrogen) atoms. The van der Waals surface area contributed by atoms with Gasteiger partial charge in [0.2, 0.25) is 10.0 Å². The highest BCUT2D eigenvalue weighted by molar-refractivity contribution is 7.88. The summed E-state index contributed by atoms with van der Waals surface area (Å²) in [6.07, 6.45) is 4.53. The lowest BCUT2D eigenvalue weighted by Crippen LogP contribution is -2.50. The van der Waals surface area contributed by atoms with E-state index < -0.39 is 10.0 Å². The van der Waals surface area contributed by atoms with Crippen LogP contribution in [0.2, 0.25) is 0 Å². The number of piperidine rings is 2. The van der Waals surface area contributed by atoms with Crippen LogP contribution >= 0.6 is 0 Å². The third-order valence-electron chi connectivity index (χ3n) is 4.23. The molecule has 2 heterocycles. The zero-order valence-corrected chi connectivity index (χ0v) is 12.9. The van der Waals surface area contributed by atoms with Crippen LogP contribution in [-0.2, 0) is 10.0 Å². The summed E-state index contributed by atoms with van der Waals surface area (Å²) in [5.41, 5.74) is 6.07. The summed E-state index contributed by atoms with van der Waals surface area (Å²) in [5, 5.41) is 0. The Morgan fingerprint density at radius 2 is 2.00 bits per heavy atom. The SMILES string of the molecule is CC1CC(N)CN(CC2CCCN(S(C)(=O)=O)C2)C1. The second-order valence-electron chi connectivity index (χ2n) is 6.45. The van der Waals surface area contributed by atoms with Gasteiger partial charge in [-0.3, -0.25) is 0 Å². The summed E-state index contributed by atoms with van der Waals surface area (Å²) in [7, 11) is -3.03. The Balaban J connectivity index is 1.88. The average Bonchev–Trinajstić information content (AvgIpc) is 2.26. The van der Waals surface area contributed by atoms with Crippen LogP contribution < -0.4 is 5.73 Å². The van der Waals surface area contributed by atoms with E-state index in [0.717, 1.165) is 38.9 Å². The van der Waals surface area contributed by atoms with Gasteiger partial charge in [-0.15, -0.1) is 0 Å². The number of rotatable bonds is 3. The number of hydrogen-bond donors (Lipinski definition) is 1. The highest BCUT2D eigenvalue weighted by Gasteiger charge is 2.29. The fourth-order valence-electron chi connectivity index (χ4n) is 3.50. The van der Waals surface area contributed by atoms with Gasteiger partial charge in [-0.1, -0.05) is 6.92 Å². The zero-order valence-electron chi connectivity index (χ0n) is 12.1. The van der Waals surface area contributed by atoms with Crippen LogP contribution in [-0.4, -0.2) is 62.6 Å². The minimum Gasteiger partial charge on any atom is -0.327 e. The molecule has 0 aromatic carbocycles. The van der Waals surface area contributed by atoms with Crippen molar-refractivity contribution < 1.29 is 8.42 Å². The van der Waals surface area contributed by atoms with Crippen molar-refractivity contribution in [3.8, 4) is 0 Å². The third kappa shape index (κ3) is 4.41. The maximum absolute atomic E-state index is 11.6. The Bertz CT molecular complexity index is 389. The fraction of sp³-hybridized carbons (Fsp3) is 1.00. The maximum atomic E-state index is 11.6. The lowest BCUT2D eigenvalue weighted by atomic mass is 9.93. The van der Waals surface area contributed by atoms with Crippen LogP contribution in [0, 0.1) is 11.8 Å². The van der Waals surface area contributed by atoms with Crippen molar-refractivity contribution in [2.45, 2.75) is 32.2 Å². The monoisotopic (exact) mass is 289 g/mol. The molecule has 0 bridgehead atoms. The smallest absolute Gasteiger partial charge is 0.211 e. The van der Waals surface area contributed by atoms with E-state index in [1.54, 1.807) is 4.31 Å². The molecule has 0 radical (unpaired) electrons. The normalized spacial score (nSPS) is 35.4. The van der Waals surface area contributed by atoms with E-state index in [4.69, 9.17) is 5.73 Å². The molecule has 0 aliphatic carbocycles. The number of likely N-dealkylation sites (tertiary alicyclic amines) is 1. The molecule has 0 amide bonds. The first-order valence-corrected chi connectivity index (χ1v) is 9.12. The Morgan fingerprint density at radius 1 is 1.26 bits per heavy atom. The summed E-state index contributed by atoms with van der Waals surface area (Å²) in [6.45, 7) is 6.66. The van der Waals surface area contributed by atoms with E-state index in [1.807, 2.05) is 0 Å². The number of nitrogens with zero attached hydrogens (tertiary/aromatic N) is 2. The molecular formula is C13H27N3O2S. The Labute approximate surface area is 117 Å². The second-order valence-corrected chi connectivity index (χ2v) is 8.43. The van der Waals surface area contributed by atoms with Crippen LogP contribution in [0.3, 0.4) is 0 Å². The molecule has 0 spiro atoms. The van der Waals surface area contributed by atoms with Gasteiger partial charge in [-0.05, 0) is 31.1 Å². The molecule has 112 valence electrons. The first kappa shape index (κ1) is 15.2. The predicted molar refractivity (Wildman–Crippen MR) is 77.3 cm³/mol. The topological polar surface area (TPSA) is 66.6 Å². The maximum Gasteiger partial charge on any atom is 0.211 e. The van der Waals surface area contributed by atoms with Crippen molar-refractivity contribution in [2.24, 2.45) is 17.6 Å². The average molecular weight is 289 g/mol. The molecule has 6 heteroatoms. The molecule has 5 nitrogen and oxygen atoms in total. The lowest BCUT2D eigenvalue weighted by molar-refractivity contribution is 0.122. The van der Waals surface area contributed by atoms with Gasteiger partial charge in [-0.25, -0.2) is 12.7 Å². The fourth-order valence-corrected chi connectivity index (χ4v) is 4.45. The second kappa shape index (κ2) is 6.08. The highest BCUT2D eigenvalue weighted by Crippen LogP contribution is 2.22. The Hall–Kier alpha value is -0.170. The zero-order chi connectivity index (χ0) is 14.0. The van der Waals surface area contributed by atoms with Crippen LogP contribution in [0.1, 0.15) is 26.2 Å². The number of nitrogens with two attached hydrogens (primary N) is 1. The van der Waals surface area contributed by atoms with Crippen molar-refractivity contribution in [1.82, 2.24) is 9.21 Å². The molecule has 3 atom stereocenters. The van der Waals surface area contributed by atoms with Gasteiger partial charge < -0.3 is 10.6 Å². The van der Waals surface area contributed by atoms with E-state index in [-0.39, 0.29) is 6.04 Å². The lowest BCUT2D eigenvalue weighted by Gasteiger charge is -2.39. The molecule has 2 aliphatic heterocycles. The minimum absolute atomic E-state index is 0.276. The quantitative estimate of drug-likeness (QED) is 0.813. The van der Waals surface area contributed by atoms with Crippen molar-refractivity contribution in [2.75, 3.05) is 39.0 Å². The van der Waals surface area contributed by atoms with E-state index in [1.165, 1.54) is 6.26 Å². The first-order chi connectivity index (χ1) is 8.84. The molecule has 0 aromatic heterocycles. The van der Waals surface area contributed by atoms with Gasteiger partial charge in [0.05, 0.1) is 6.26 Å². The first-order valence-electron chi connectivity index (χ1n) is 7.27. The molecule has 2 saturated heterocycles. The molecular weight excluding hydrogens is 262 g/mol. The van der Waals surface area contributed by atoms with Gasteiger partial charge in [-0.2, -0.15) is 0 Å². The highest BCUT2D eigenvalue weighted by atomic mass is 32.2. The summed E-state index contributed by atoms with van der Waals surface area (Å²) in [6, 6.07) is 0.276. The molecule has 0 saturated carbocycles. The van der Waals surface area contributed by atoms with Gasteiger partial charge in [0.25, 0.3) is 0 Å². The Kier molecular flexibility index (Phi) is 4.87. The molecule has 2 fully saturated rings. The van der Waals surface area contributed by atoms with Gasteiger partial charge in [0.1, 0.15) is 0 Å².